The molecule has 30 heavy (non-hydrogen) atoms. The first-order valence-corrected chi connectivity index (χ1v) is 12.1. The number of anilines is 1. The van der Waals surface area contributed by atoms with E-state index >= 15 is 0 Å². The number of carbonyl (C=O) groups is 1. The Morgan fingerprint density at radius 3 is 2.57 bits per heavy atom. The standard InChI is InChI=1S/C21H25Cl2N3O3S/c1-2-10-26-11-8-17(9-12-26)24-21(27)15-4-3-5-18(13-15)25-30(28,29)20-14-16(22)6-7-19(20)23/h3-7,13-14,17,25H,2,8-12H2,1H3,(H,24,27). The largest absolute Gasteiger partial charge is 0.349 e. The minimum Gasteiger partial charge on any atom is -0.349 e. The zero-order chi connectivity index (χ0) is 21.7. The van der Waals surface area contributed by atoms with Gasteiger partial charge in [0.1, 0.15) is 4.90 Å². The zero-order valence-electron chi connectivity index (χ0n) is 16.7. The van der Waals surface area contributed by atoms with Gasteiger partial charge in [-0.2, -0.15) is 0 Å². The van der Waals surface area contributed by atoms with Gasteiger partial charge in [0.2, 0.25) is 0 Å². The number of carbonyl (C=O) groups excluding carboxylic acids is 1. The molecule has 2 N–H and O–H groups in total. The Morgan fingerprint density at radius 2 is 1.87 bits per heavy atom. The first-order chi connectivity index (χ1) is 14.3. The molecular formula is C21H25Cl2N3O3S. The molecule has 0 unspecified atom stereocenters. The number of hydrogen-bond donors (Lipinski definition) is 2. The maximum atomic E-state index is 12.7. The van der Waals surface area contributed by atoms with Crippen molar-refractivity contribution >= 4 is 44.8 Å². The molecule has 2 aromatic rings. The van der Waals surface area contributed by atoms with Gasteiger partial charge in [-0.15, -0.1) is 0 Å². The molecule has 9 heteroatoms. The number of nitrogens with one attached hydrogen (secondary N) is 2. The molecule has 0 atom stereocenters. The highest BCUT2D eigenvalue weighted by Gasteiger charge is 2.22. The van der Waals surface area contributed by atoms with Gasteiger partial charge in [0.25, 0.3) is 15.9 Å². The van der Waals surface area contributed by atoms with Crippen molar-refractivity contribution in [3.05, 3.63) is 58.1 Å². The van der Waals surface area contributed by atoms with E-state index in [0.29, 0.717) is 5.56 Å². The SMILES string of the molecule is CCCN1CCC(NC(=O)c2cccc(NS(=O)(=O)c3cc(Cl)ccc3Cl)c2)CC1. The Morgan fingerprint density at radius 1 is 1.13 bits per heavy atom. The molecule has 3 rings (SSSR count). The Labute approximate surface area is 187 Å². The van der Waals surface area contributed by atoms with Gasteiger partial charge in [-0.1, -0.05) is 36.2 Å². The summed E-state index contributed by atoms with van der Waals surface area (Å²) in [5.41, 5.74) is 0.667. The average molecular weight is 470 g/mol. The third kappa shape index (κ3) is 5.88. The lowest BCUT2D eigenvalue weighted by molar-refractivity contribution is 0.0911. The molecule has 0 bridgehead atoms. The van der Waals surface area contributed by atoms with E-state index in [9.17, 15) is 13.2 Å². The van der Waals surface area contributed by atoms with Crippen LogP contribution in [-0.4, -0.2) is 44.9 Å². The van der Waals surface area contributed by atoms with E-state index in [-0.39, 0.29) is 32.6 Å². The van der Waals surface area contributed by atoms with E-state index in [4.69, 9.17) is 23.2 Å². The fraction of sp³-hybridized carbons (Fsp3) is 0.381. The maximum Gasteiger partial charge on any atom is 0.263 e. The van der Waals surface area contributed by atoms with Crippen molar-refractivity contribution in [2.24, 2.45) is 0 Å². The predicted octanol–water partition coefficient (Wildman–Crippen LogP) is 4.40. The van der Waals surface area contributed by atoms with Crippen LogP contribution in [0.1, 0.15) is 36.5 Å². The van der Waals surface area contributed by atoms with E-state index in [1.54, 1.807) is 18.2 Å². The summed E-state index contributed by atoms with van der Waals surface area (Å²) in [4.78, 5) is 14.9. The second-order valence-electron chi connectivity index (χ2n) is 7.35. The van der Waals surface area contributed by atoms with Gasteiger partial charge in [-0.3, -0.25) is 9.52 Å². The van der Waals surface area contributed by atoms with Gasteiger partial charge >= 0.3 is 0 Å². The molecule has 1 saturated heterocycles. The summed E-state index contributed by atoms with van der Waals surface area (Å²) < 4.78 is 27.9. The van der Waals surface area contributed by atoms with Gasteiger partial charge in [0.05, 0.1) is 5.02 Å². The quantitative estimate of drug-likeness (QED) is 0.629. The molecule has 6 nitrogen and oxygen atoms in total. The molecule has 1 aliphatic rings. The molecule has 0 aromatic heterocycles. The summed E-state index contributed by atoms with van der Waals surface area (Å²) in [7, 11) is -3.95. The van der Waals surface area contributed by atoms with Crippen molar-refractivity contribution in [1.29, 1.82) is 0 Å². The molecule has 1 aliphatic heterocycles. The Bertz CT molecular complexity index is 1010. The molecular weight excluding hydrogens is 445 g/mol. The minimum absolute atomic E-state index is 0.0650. The topological polar surface area (TPSA) is 78.5 Å². The lowest BCUT2D eigenvalue weighted by Crippen LogP contribution is -2.44. The summed E-state index contributed by atoms with van der Waals surface area (Å²) in [6.45, 7) is 5.19. The fourth-order valence-corrected chi connectivity index (χ4v) is 5.32. The average Bonchev–Trinajstić information content (AvgIpc) is 2.71. The van der Waals surface area contributed by atoms with Crippen LogP contribution in [0.2, 0.25) is 10.0 Å². The molecule has 1 amide bonds. The van der Waals surface area contributed by atoms with Crippen LogP contribution in [0.25, 0.3) is 0 Å². The van der Waals surface area contributed by atoms with Crippen molar-refractivity contribution in [3.8, 4) is 0 Å². The van der Waals surface area contributed by atoms with Crippen LogP contribution in [0.4, 0.5) is 5.69 Å². The van der Waals surface area contributed by atoms with Crippen LogP contribution in [0.3, 0.4) is 0 Å². The lowest BCUT2D eigenvalue weighted by Gasteiger charge is -2.32. The molecule has 1 heterocycles. The van der Waals surface area contributed by atoms with Crippen LogP contribution >= 0.6 is 23.2 Å². The van der Waals surface area contributed by atoms with E-state index in [0.717, 1.165) is 38.9 Å². The molecule has 0 saturated carbocycles. The van der Waals surface area contributed by atoms with Crippen molar-refractivity contribution in [3.63, 3.8) is 0 Å². The van der Waals surface area contributed by atoms with Crippen LogP contribution in [-0.2, 0) is 10.0 Å². The van der Waals surface area contributed by atoms with E-state index < -0.39 is 10.0 Å². The van der Waals surface area contributed by atoms with Gasteiger partial charge in [0, 0.05) is 35.4 Å². The minimum atomic E-state index is -3.95. The normalized spacial score (nSPS) is 15.7. The van der Waals surface area contributed by atoms with E-state index in [1.165, 1.54) is 24.3 Å². The van der Waals surface area contributed by atoms with Gasteiger partial charge in [-0.25, -0.2) is 8.42 Å². The van der Waals surface area contributed by atoms with Crippen LogP contribution < -0.4 is 10.0 Å². The third-order valence-electron chi connectivity index (χ3n) is 5.02. The first kappa shape index (κ1) is 22.9. The molecule has 1 fully saturated rings. The van der Waals surface area contributed by atoms with Crippen molar-refractivity contribution in [2.75, 3.05) is 24.4 Å². The lowest BCUT2D eigenvalue weighted by atomic mass is 10.0. The molecule has 0 aliphatic carbocycles. The molecule has 162 valence electrons. The number of amides is 1. The Balaban J connectivity index is 1.67. The summed E-state index contributed by atoms with van der Waals surface area (Å²) in [6.07, 6.45) is 2.94. The van der Waals surface area contributed by atoms with Crippen molar-refractivity contribution in [1.82, 2.24) is 10.2 Å². The van der Waals surface area contributed by atoms with Crippen molar-refractivity contribution < 1.29 is 13.2 Å². The summed E-state index contributed by atoms with van der Waals surface area (Å²) in [5.74, 6) is -0.217. The highest BCUT2D eigenvalue weighted by atomic mass is 35.5. The second-order valence-corrected chi connectivity index (χ2v) is 9.84. The number of nitrogens with zero attached hydrogens (tertiary/aromatic N) is 1. The van der Waals surface area contributed by atoms with Crippen LogP contribution in [0.5, 0.6) is 0 Å². The van der Waals surface area contributed by atoms with Crippen LogP contribution in [0.15, 0.2) is 47.4 Å². The maximum absolute atomic E-state index is 12.7. The number of likely N-dealkylation sites (tertiary alicyclic amines) is 1. The van der Waals surface area contributed by atoms with Gasteiger partial charge in [-0.05, 0) is 62.2 Å². The second kappa shape index (κ2) is 10.0. The summed E-state index contributed by atoms with van der Waals surface area (Å²) in [5, 5.41) is 3.38. The molecule has 2 aromatic carbocycles. The van der Waals surface area contributed by atoms with E-state index in [1.807, 2.05) is 0 Å². The summed E-state index contributed by atoms with van der Waals surface area (Å²) >= 11 is 11.9. The number of sulfonamides is 1. The summed E-state index contributed by atoms with van der Waals surface area (Å²) in [6, 6.07) is 10.7. The Hall–Kier alpha value is -1.80. The van der Waals surface area contributed by atoms with Crippen molar-refractivity contribution in [2.45, 2.75) is 37.1 Å². The number of hydrogen-bond acceptors (Lipinski definition) is 4. The molecule has 0 radical (unpaired) electrons. The predicted molar refractivity (Wildman–Crippen MR) is 121 cm³/mol. The highest BCUT2D eigenvalue weighted by molar-refractivity contribution is 7.92. The first-order valence-electron chi connectivity index (χ1n) is 9.89. The zero-order valence-corrected chi connectivity index (χ0v) is 19.0. The van der Waals surface area contributed by atoms with E-state index in [2.05, 4.69) is 21.9 Å². The number of benzene rings is 2. The van der Waals surface area contributed by atoms with Crippen LogP contribution in [0, 0.1) is 0 Å². The Kier molecular flexibility index (Phi) is 7.63. The smallest absolute Gasteiger partial charge is 0.263 e. The fourth-order valence-electron chi connectivity index (χ4n) is 3.50. The molecule has 0 spiro atoms. The number of halogens is 2. The third-order valence-corrected chi connectivity index (χ3v) is 7.12. The monoisotopic (exact) mass is 469 g/mol. The number of piperidine rings is 1. The number of rotatable bonds is 7. The van der Waals surface area contributed by atoms with Gasteiger partial charge in [0.15, 0.2) is 0 Å². The van der Waals surface area contributed by atoms with Gasteiger partial charge < -0.3 is 10.2 Å². The highest BCUT2D eigenvalue weighted by Crippen LogP contribution is 2.27.